The van der Waals surface area contributed by atoms with E-state index in [-0.39, 0.29) is 5.97 Å². The minimum absolute atomic E-state index is 0.377. The normalized spacial score (nSPS) is 11.0. The van der Waals surface area contributed by atoms with Crippen molar-refractivity contribution < 1.29 is 9.53 Å². The van der Waals surface area contributed by atoms with Gasteiger partial charge in [-0.15, -0.1) is 0 Å². The molecule has 0 bridgehead atoms. The van der Waals surface area contributed by atoms with Crippen LogP contribution in [0.1, 0.15) is 47.3 Å². The van der Waals surface area contributed by atoms with Gasteiger partial charge in [0, 0.05) is 16.0 Å². The lowest BCUT2D eigenvalue weighted by molar-refractivity contribution is 0.0600. The van der Waals surface area contributed by atoms with E-state index in [9.17, 15) is 4.79 Å². The topological polar surface area (TPSA) is 64.1 Å². The summed E-state index contributed by atoms with van der Waals surface area (Å²) in [4.78, 5) is 21.9. The first-order valence-corrected chi connectivity index (χ1v) is 11.7. The van der Waals surface area contributed by atoms with Crippen LogP contribution in [0.25, 0.3) is 11.3 Å². The number of halogens is 1. The minimum atomic E-state index is -0.377. The zero-order valence-electron chi connectivity index (χ0n) is 19.0. The van der Waals surface area contributed by atoms with Crippen LogP contribution in [0.15, 0.2) is 47.4 Å². The molecule has 0 spiro atoms. The molecule has 1 heterocycles. The van der Waals surface area contributed by atoms with Crippen LogP contribution in [-0.4, -0.2) is 23.0 Å². The Morgan fingerprint density at radius 3 is 2.62 bits per heavy atom. The van der Waals surface area contributed by atoms with Crippen molar-refractivity contribution in [3.8, 4) is 11.3 Å². The minimum Gasteiger partial charge on any atom is -0.465 e. The third-order valence-corrected chi connectivity index (χ3v) is 6.33. The highest BCUT2D eigenvalue weighted by molar-refractivity contribution is 8.00. The summed E-state index contributed by atoms with van der Waals surface area (Å²) in [5, 5.41) is 0.416. The Morgan fingerprint density at radius 2 is 1.91 bits per heavy atom. The number of carbonyl (C=O) groups excluding carboxylic acids is 1. The molecule has 7 heteroatoms. The zero-order valence-corrected chi connectivity index (χ0v) is 20.6. The highest BCUT2D eigenvalue weighted by Gasteiger charge is 2.17. The van der Waals surface area contributed by atoms with Crippen LogP contribution in [0.4, 0.5) is 5.95 Å². The summed E-state index contributed by atoms with van der Waals surface area (Å²) in [5.74, 6) is 0.660. The van der Waals surface area contributed by atoms with Gasteiger partial charge in [0.05, 0.1) is 18.4 Å². The number of nitrogens with zero attached hydrogens (tertiary/aromatic N) is 2. The average Bonchev–Trinajstić information content (AvgIpc) is 2.78. The van der Waals surface area contributed by atoms with Gasteiger partial charge in [-0.3, -0.25) is 4.72 Å². The number of aromatic nitrogens is 2. The molecule has 0 aliphatic heterocycles. The van der Waals surface area contributed by atoms with E-state index >= 15 is 0 Å². The molecule has 0 aliphatic carbocycles. The van der Waals surface area contributed by atoms with Crippen molar-refractivity contribution in [1.82, 2.24) is 9.97 Å². The molecule has 5 nitrogen and oxygen atoms in total. The highest BCUT2D eigenvalue weighted by atomic mass is 35.5. The van der Waals surface area contributed by atoms with Gasteiger partial charge in [0.15, 0.2) is 0 Å². The molecule has 0 saturated heterocycles. The van der Waals surface area contributed by atoms with Crippen LogP contribution in [0.2, 0.25) is 5.15 Å². The lowest BCUT2D eigenvalue weighted by Crippen LogP contribution is -2.04. The van der Waals surface area contributed by atoms with E-state index in [4.69, 9.17) is 21.3 Å². The second-order valence-corrected chi connectivity index (χ2v) is 9.31. The fourth-order valence-electron chi connectivity index (χ4n) is 3.41. The number of aryl methyl sites for hydroxylation is 2. The predicted octanol–water partition coefficient (Wildman–Crippen LogP) is 6.91. The first-order valence-electron chi connectivity index (χ1n) is 10.5. The van der Waals surface area contributed by atoms with E-state index in [0.29, 0.717) is 22.6 Å². The number of benzene rings is 2. The molecule has 1 aromatic heterocycles. The van der Waals surface area contributed by atoms with Crippen molar-refractivity contribution >= 4 is 35.5 Å². The lowest BCUT2D eigenvalue weighted by atomic mass is 9.92. The number of ether oxygens (including phenoxy) is 1. The number of esters is 1. The average molecular weight is 470 g/mol. The summed E-state index contributed by atoms with van der Waals surface area (Å²) in [6, 6.07) is 13.5. The maximum atomic E-state index is 11.8. The Balaban J connectivity index is 1.92. The monoisotopic (exact) mass is 469 g/mol. The molecule has 0 unspecified atom stereocenters. The first-order chi connectivity index (χ1) is 15.3. The number of hydrogen-bond acceptors (Lipinski definition) is 6. The number of anilines is 1. The van der Waals surface area contributed by atoms with Crippen LogP contribution >= 0.6 is 23.5 Å². The second-order valence-electron chi connectivity index (χ2n) is 8.08. The maximum absolute atomic E-state index is 11.8. The van der Waals surface area contributed by atoms with Gasteiger partial charge in [-0.1, -0.05) is 49.7 Å². The van der Waals surface area contributed by atoms with Gasteiger partial charge in [0.25, 0.3) is 0 Å². The fraction of sp³-hybridized carbons (Fsp3) is 0.320. The van der Waals surface area contributed by atoms with E-state index in [1.165, 1.54) is 24.6 Å². The molecule has 3 rings (SSSR count). The summed E-state index contributed by atoms with van der Waals surface area (Å²) in [7, 11) is 1.37. The molecule has 0 saturated carbocycles. The van der Waals surface area contributed by atoms with Gasteiger partial charge in [-0.25, -0.2) is 14.8 Å². The number of methoxy groups -OCH3 is 1. The number of nitrogens with one attached hydrogen (secondary N) is 1. The van der Waals surface area contributed by atoms with E-state index < -0.39 is 0 Å². The lowest BCUT2D eigenvalue weighted by Gasteiger charge is -2.17. The second kappa shape index (κ2) is 10.8. The molecule has 0 radical (unpaired) electrons. The third-order valence-electron chi connectivity index (χ3n) is 5.19. The predicted molar refractivity (Wildman–Crippen MR) is 132 cm³/mol. The summed E-state index contributed by atoms with van der Waals surface area (Å²) >= 11 is 7.82. The molecule has 32 heavy (non-hydrogen) atoms. The van der Waals surface area contributed by atoms with Crippen molar-refractivity contribution in [2.24, 2.45) is 5.92 Å². The summed E-state index contributed by atoms with van der Waals surface area (Å²) in [6.45, 7) is 8.52. The molecule has 0 amide bonds. The fourth-order valence-corrected chi connectivity index (χ4v) is 4.21. The number of carbonyl (C=O) groups is 1. The van der Waals surface area contributed by atoms with Crippen LogP contribution in [-0.2, 0) is 11.2 Å². The van der Waals surface area contributed by atoms with E-state index in [0.717, 1.165) is 40.1 Å². The van der Waals surface area contributed by atoms with Crippen LogP contribution < -0.4 is 4.72 Å². The van der Waals surface area contributed by atoms with Gasteiger partial charge < -0.3 is 4.74 Å². The van der Waals surface area contributed by atoms with E-state index in [1.54, 1.807) is 18.2 Å². The Morgan fingerprint density at radius 1 is 1.16 bits per heavy atom. The highest BCUT2D eigenvalue weighted by Crippen LogP contribution is 2.34. The summed E-state index contributed by atoms with van der Waals surface area (Å²) < 4.78 is 7.96. The molecule has 2 aromatic carbocycles. The SMILES string of the molecule is COC(=O)c1cccc(SNc2nc(Cl)c(C)c(-c3c(C)cccc3CCC(C)C)n2)c1. The van der Waals surface area contributed by atoms with Gasteiger partial charge >= 0.3 is 5.97 Å². The molecular weight excluding hydrogens is 442 g/mol. The Labute approximate surface area is 199 Å². The van der Waals surface area contributed by atoms with Crippen molar-refractivity contribution in [3.63, 3.8) is 0 Å². The van der Waals surface area contributed by atoms with Crippen molar-refractivity contribution in [2.45, 2.75) is 45.4 Å². The van der Waals surface area contributed by atoms with Crippen molar-refractivity contribution in [1.29, 1.82) is 0 Å². The van der Waals surface area contributed by atoms with Crippen molar-refractivity contribution in [2.75, 3.05) is 11.8 Å². The molecule has 168 valence electrons. The van der Waals surface area contributed by atoms with Gasteiger partial charge in [-0.2, -0.15) is 0 Å². The number of rotatable bonds is 8. The van der Waals surface area contributed by atoms with Crippen LogP contribution in [0.3, 0.4) is 0 Å². The maximum Gasteiger partial charge on any atom is 0.337 e. The molecule has 0 aliphatic rings. The molecule has 1 N–H and O–H groups in total. The van der Waals surface area contributed by atoms with Crippen molar-refractivity contribution in [3.05, 3.63) is 69.9 Å². The quantitative estimate of drug-likeness (QED) is 0.220. The van der Waals surface area contributed by atoms with Gasteiger partial charge in [-0.05, 0) is 73.9 Å². The van der Waals surface area contributed by atoms with Crippen LogP contribution in [0, 0.1) is 19.8 Å². The molecular formula is C25H28ClN3O2S. The Bertz CT molecular complexity index is 1120. The smallest absolute Gasteiger partial charge is 0.337 e. The largest absolute Gasteiger partial charge is 0.465 e. The Kier molecular flexibility index (Phi) is 8.15. The first kappa shape index (κ1) is 24.1. The zero-order chi connectivity index (χ0) is 23.3. The molecule has 0 atom stereocenters. The van der Waals surface area contributed by atoms with Crippen LogP contribution in [0.5, 0.6) is 0 Å². The van der Waals surface area contributed by atoms with Gasteiger partial charge in [0.2, 0.25) is 5.95 Å². The Hall–Kier alpha value is -2.57. The van der Waals surface area contributed by atoms with E-state index in [2.05, 4.69) is 48.7 Å². The third kappa shape index (κ3) is 5.81. The van der Waals surface area contributed by atoms with Gasteiger partial charge in [0.1, 0.15) is 5.15 Å². The number of hydrogen-bond donors (Lipinski definition) is 1. The van der Waals surface area contributed by atoms with E-state index in [1.807, 2.05) is 13.0 Å². The summed E-state index contributed by atoms with van der Waals surface area (Å²) in [5.41, 5.74) is 5.73. The summed E-state index contributed by atoms with van der Waals surface area (Å²) in [6.07, 6.45) is 2.08. The molecule has 3 aromatic rings. The molecule has 0 fully saturated rings. The standard InChI is InChI=1S/C25H28ClN3O2S/c1-15(2)12-13-18-9-6-8-16(3)21(18)22-17(4)23(26)28-25(27-22)29-32-20-11-7-10-19(14-20)24(30)31-5/h6-11,14-15H,12-13H2,1-5H3,(H,27,28,29).